The first-order valence-electron chi connectivity index (χ1n) is 6.38. The van der Waals surface area contributed by atoms with E-state index in [2.05, 4.69) is 0 Å². The minimum Gasteiger partial charge on any atom is -0.381 e. The molecule has 5 heteroatoms. The van der Waals surface area contributed by atoms with Crippen LogP contribution in [0, 0.1) is 6.92 Å². The van der Waals surface area contributed by atoms with E-state index in [0.717, 1.165) is 5.56 Å². The van der Waals surface area contributed by atoms with Gasteiger partial charge in [0, 0.05) is 18.8 Å². The summed E-state index contributed by atoms with van der Waals surface area (Å²) in [6, 6.07) is 6.98. The van der Waals surface area contributed by atoms with Crippen molar-refractivity contribution in [1.82, 2.24) is 0 Å². The van der Waals surface area contributed by atoms with Gasteiger partial charge in [-0.2, -0.15) is 0 Å². The molecule has 0 bridgehead atoms. The van der Waals surface area contributed by atoms with Gasteiger partial charge in [-0.15, -0.1) is 0 Å². The van der Waals surface area contributed by atoms with Crippen molar-refractivity contribution in [3.63, 3.8) is 0 Å². The van der Waals surface area contributed by atoms with Crippen LogP contribution in [0.5, 0.6) is 0 Å². The van der Waals surface area contributed by atoms with Crippen molar-refractivity contribution in [2.45, 2.75) is 25.0 Å². The number of Topliss-reactive ketones (excluding diaryl/α,β-unsaturated/α-hetero) is 1. The van der Waals surface area contributed by atoms with Crippen LogP contribution in [0.4, 0.5) is 0 Å². The van der Waals surface area contributed by atoms with Gasteiger partial charge in [0.25, 0.3) is 0 Å². The fraction of sp³-hybridized carbons (Fsp3) is 0.500. The molecule has 0 aromatic heterocycles. The molecule has 0 spiro atoms. The third-order valence-electron chi connectivity index (χ3n) is 3.38. The highest BCUT2D eigenvalue weighted by Crippen LogP contribution is 2.18. The molecule has 104 valence electrons. The summed E-state index contributed by atoms with van der Waals surface area (Å²) in [5, 5.41) is -0.435. The summed E-state index contributed by atoms with van der Waals surface area (Å²) < 4.78 is 29.5. The Balaban J connectivity index is 2.07. The minimum absolute atomic E-state index is 0.327. The molecule has 2 rings (SSSR count). The molecule has 0 saturated carbocycles. The fourth-order valence-corrected chi connectivity index (χ4v) is 3.84. The van der Waals surface area contributed by atoms with E-state index < -0.39 is 20.8 Å². The van der Waals surface area contributed by atoms with Gasteiger partial charge in [0.05, 0.1) is 5.25 Å². The summed E-state index contributed by atoms with van der Waals surface area (Å²) in [5.74, 6) is -0.729. The van der Waals surface area contributed by atoms with Gasteiger partial charge < -0.3 is 4.74 Å². The van der Waals surface area contributed by atoms with Crippen molar-refractivity contribution in [2.75, 3.05) is 19.0 Å². The number of ether oxygens (including phenoxy) is 1. The van der Waals surface area contributed by atoms with Crippen LogP contribution in [0.25, 0.3) is 0 Å². The quantitative estimate of drug-likeness (QED) is 0.790. The van der Waals surface area contributed by atoms with Crippen LogP contribution in [0.2, 0.25) is 0 Å². The second-order valence-electron chi connectivity index (χ2n) is 4.91. The second-order valence-corrected chi connectivity index (χ2v) is 7.19. The van der Waals surface area contributed by atoms with Gasteiger partial charge >= 0.3 is 0 Å². The van der Waals surface area contributed by atoms with E-state index in [4.69, 9.17) is 4.74 Å². The van der Waals surface area contributed by atoms with E-state index in [1.807, 2.05) is 19.1 Å². The van der Waals surface area contributed by atoms with Gasteiger partial charge in [-0.1, -0.05) is 29.8 Å². The number of hydrogen-bond acceptors (Lipinski definition) is 4. The van der Waals surface area contributed by atoms with Crippen molar-refractivity contribution >= 4 is 15.6 Å². The van der Waals surface area contributed by atoms with Crippen LogP contribution in [0.3, 0.4) is 0 Å². The van der Waals surface area contributed by atoms with E-state index in [0.29, 0.717) is 31.6 Å². The van der Waals surface area contributed by atoms with Crippen LogP contribution >= 0.6 is 0 Å². The normalized spacial score (nSPS) is 17.3. The van der Waals surface area contributed by atoms with Crippen LogP contribution in [0.1, 0.15) is 28.8 Å². The monoisotopic (exact) mass is 282 g/mol. The van der Waals surface area contributed by atoms with E-state index in [1.165, 1.54) is 0 Å². The minimum atomic E-state index is -3.37. The standard InChI is InChI=1S/C14H18O4S/c1-11-2-4-12(5-3-11)14(15)10-19(16,17)13-6-8-18-9-7-13/h2-5,13H,6-10H2,1H3. The van der Waals surface area contributed by atoms with Gasteiger partial charge in [0.15, 0.2) is 15.6 Å². The first-order valence-corrected chi connectivity index (χ1v) is 8.10. The Kier molecular flexibility index (Phi) is 4.37. The Morgan fingerprint density at radius 2 is 1.79 bits per heavy atom. The largest absolute Gasteiger partial charge is 0.381 e. The maximum absolute atomic E-state index is 12.2. The molecule has 0 atom stereocenters. The molecule has 4 nitrogen and oxygen atoms in total. The van der Waals surface area contributed by atoms with Crippen molar-refractivity contribution in [2.24, 2.45) is 0 Å². The molecule has 0 N–H and O–H groups in total. The van der Waals surface area contributed by atoms with Crippen molar-refractivity contribution in [3.05, 3.63) is 35.4 Å². The van der Waals surface area contributed by atoms with E-state index in [-0.39, 0.29) is 5.78 Å². The van der Waals surface area contributed by atoms with Crippen LogP contribution in [-0.2, 0) is 14.6 Å². The van der Waals surface area contributed by atoms with Crippen LogP contribution in [-0.4, -0.2) is 38.4 Å². The number of carbonyl (C=O) groups excluding carboxylic acids is 1. The summed E-state index contributed by atoms with van der Waals surface area (Å²) >= 11 is 0. The molecule has 0 unspecified atom stereocenters. The third kappa shape index (κ3) is 3.64. The Labute approximate surface area is 113 Å². The van der Waals surface area contributed by atoms with Crippen molar-refractivity contribution in [3.8, 4) is 0 Å². The molecule has 19 heavy (non-hydrogen) atoms. The summed E-state index contributed by atoms with van der Waals surface area (Å²) in [7, 11) is -3.37. The molecule has 1 fully saturated rings. The lowest BCUT2D eigenvalue weighted by Crippen LogP contribution is -2.33. The zero-order valence-corrected chi connectivity index (χ0v) is 11.8. The number of ketones is 1. The molecule has 1 aliphatic heterocycles. The predicted octanol–water partition coefficient (Wildman–Crippen LogP) is 1.77. The average molecular weight is 282 g/mol. The summed E-state index contributed by atoms with van der Waals surface area (Å²) in [4.78, 5) is 12.0. The average Bonchev–Trinajstić information content (AvgIpc) is 2.40. The molecule has 1 heterocycles. The molecule has 1 aromatic rings. The zero-order valence-electron chi connectivity index (χ0n) is 11.0. The smallest absolute Gasteiger partial charge is 0.177 e. The summed E-state index contributed by atoms with van der Waals surface area (Å²) in [6.07, 6.45) is 0.979. The summed E-state index contributed by atoms with van der Waals surface area (Å²) in [5.41, 5.74) is 1.50. The number of hydrogen-bond donors (Lipinski definition) is 0. The number of rotatable bonds is 4. The molecule has 0 aliphatic carbocycles. The first kappa shape index (κ1) is 14.2. The van der Waals surface area contributed by atoms with E-state index in [1.54, 1.807) is 12.1 Å². The topological polar surface area (TPSA) is 60.4 Å². The Hall–Kier alpha value is -1.20. The molecular weight excluding hydrogens is 264 g/mol. The maximum Gasteiger partial charge on any atom is 0.177 e. The van der Waals surface area contributed by atoms with Crippen LogP contribution < -0.4 is 0 Å². The third-order valence-corrected chi connectivity index (χ3v) is 5.53. The Morgan fingerprint density at radius 1 is 1.21 bits per heavy atom. The maximum atomic E-state index is 12.2. The van der Waals surface area contributed by atoms with Gasteiger partial charge in [-0.05, 0) is 19.8 Å². The Morgan fingerprint density at radius 3 is 2.37 bits per heavy atom. The first-order chi connectivity index (χ1) is 8.99. The van der Waals surface area contributed by atoms with Gasteiger partial charge in [-0.3, -0.25) is 4.79 Å². The highest BCUT2D eigenvalue weighted by atomic mass is 32.2. The van der Waals surface area contributed by atoms with Crippen molar-refractivity contribution < 1.29 is 17.9 Å². The second kappa shape index (κ2) is 5.84. The number of aryl methyl sites for hydroxylation is 1. The lowest BCUT2D eigenvalue weighted by molar-refractivity contribution is 0.0971. The van der Waals surface area contributed by atoms with E-state index >= 15 is 0 Å². The SMILES string of the molecule is Cc1ccc(C(=O)CS(=O)(=O)C2CCOCC2)cc1. The molecule has 1 aromatic carbocycles. The summed E-state index contributed by atoms with van der Waals surface area (Å²) in [6.45, 7) is 2.85. The highest BCUT2D eigenvalue weighted by molar-refractivity contribution is 7.92. The van der Waals surface area contributed by atoms with Crippen LogP contribution in [0.15, 0.2) is 24.3 Å². The van der Waals surface area contributed by atoms with Gasteiger partial charge in [0.1, 0.15) is 5.75 Å². The van der Waals surface area contributed by atoms with Crippen molar-refractivity contribution in [1.29, 1.82) is 0 Å². The highest BCUT2D eigenvalue weighted by Gasteiger charge is 2.29. The zero-order chi connectivity index (χ0) is 13.9. The molecule has 1 saturated heterocycles. The molecular formula is C14H18O4S. The Bertz CT molecular complexity index is 539. The predicted molar refractivity (Wildman–Crippen MR) is 73.1 cm³/mol. The molecule has 0 radical (unpaired) electrons. The number of benzene rings is 1. The van der Waals surface area contributed by atoms with Gasteiger partial charge in [0.2, 0.25) is 0 Å². The fourth-order valence-electron chi connectivity index (χ4n) is 2.16. The van der Waals surface area contributed by atoms with Gasteiger partial charge in [-0.25, -0.2) is 8.42 Å². The lowest BCUT2D eigenvalue weighted by atomic mass is 10.1. The number of carbonyl (C=O) groups is 1. The number of sulfone groups is 1. The molecule has 1 aliphatic rings. The lowest BCUT2D eigenvalue weighted by Gasteiger charge is -2.21. The molecule has 0 amide bonds. The van der Waals surface area contributed by atoms with E-state index in [9.17, 15) is 13.2 Å².